The van der Waals surface area contributed by atoms with Crippen LogP contribution in [0, 0.1) is 5.92 Å². The largest absolute Gasteiger partial charge is 0.507 e. The molecule has 0 saturated heterocycles. The van der Waals surface area contributed by atoms with Crippen molar-refractivity contribution in [2.24, 2.45) is 5.92 Å². The number of benzene rings is 2. The van der Waals surface area contributed by atoms with Crippen LogP contribution in [-0.4, -0.2) is 39.8 Å². The average molecular weight is 488 g/mol. The van der Waals surface area contributed by atoms with Crippen LogP contribution in [0.2, 0.25) is 0 Å². The number of phenolic OH excluding ortho intramolecular Hbond substituents is 1. The van der Waals surface area contributed by atoms with Crippen LogP contribution in [0.4, 0.5) is 0 Å². The first-order valence-electron chi connectivity index (χ1n) is 12.0. The second kappa shape index (κ2) is 9.81. The predicted molar refractivity (Wildman–Crippen MR) is 134 cm³/mol. The van der Waals surface area contributed by atoms with Gasteiger partial charge in [-0.25, -0.2) is 0 Å². The van der Waals surface area contributed by atoms with Crippen molar-refractivity contribution >= 4 is 5.91 Å². The normalized spacial score (nSPS) is 14.9. The molecule has 2 N–H and O–H groups in total. The first kappa shape index (κ1) is 23.5. The number of ether oxygens (including phenoxy) is 2. The van der Waals surface area contributed by atoms with Crippen molar-refractivity contribution in [2.45, 2.75) is 32.9 Å². The lowest BCUT2D eigenvalue weighted by molar-refractivity contribution is 0.0716. The van der Waals surface area contributed by atoms with Crippen molar-refractivity contribution in [2.75, 3.05) is 13.7 Å². The maximum absolute atomic E-state index is 13.6. The van der Waals surface area contributed by atoms with E-state index >= 15 is 0 Å². The molecule has 2 aromatic carbocycles. The highest BCUT2D eigenvalue weighted by atomic mass is 16.5. The van der Waals surface area contributed by atoms with Gasteiger partial charge in [-0.3, -0.25) is 9.89 Å². The third kappa shape index (κ3) is 4.30. The lowest BCUT2D eigenvalue weighted by atomic mass is 9.95. The smallest absolute Gasteiger partial charge is 0.273 e. The van der Waals surface area contributed by atoms with Gasteiger partial charge in [0.15, 0.2) is 11.5 Å². The number of fused-ring (bicyclic) bond motifs is 1. The van der Waals surface area contributed by atoms with Gasteiger partial charge in [-0.15, -0.1) is 0 Å². The molecule has 0 saturated carbocycles. The number of rotatable bonds is 9. The van der Waals surface area contributed by atoms with Crippen molar-refractivity contribution in [3.8, 4) is 28.5 Å². The van der Waals surface area contributed by atoms with Crippen LogP contribution in [0.15, 0.2) is 65.3 Å². The molecule has 8 heteroatoms. The van der Waals surface area contributed by atoms with Crippen molar-refractivity contribution in [3.05, 3.63) is 83.4 Å². The molecule has 4 aromatic rings. The third-order valence-electron chi connectivity index (χ3n) is 6.39. The molecular formula is C28H29N3O5. The Labute approximate surface area is 209 Å². The molecule has 0 unspecified atom stereocenters. The molecule has 0 aliphatic carbocycles. The number of methoxy groups -OCH3 is 1. The molecule has 1 atom stereocenters. The molecule has 1 aliphatic heterocycles. The van der Waals surface area contributed by atoms with Crippen LogP contribution < -0.4 is 9.47 Å². The number of aromatic nitrogens is 2. The minimum absolute atomic E-state index is 0.0916. The second-order valence-corrected chi connectivity index (χ2v) is 9.23. The number of aromatic amines is 1. The minimum Gasteiger partial charge on any atom is -0.507 e. The zero-order valence-electron chi connectivity index (χ0n) is 20.5. The van der Waals surface area contributed by atoms with Gasteiger partial charge in [0.2, 0.25) is 0 Å². The van der Waals surface area contributed by atoms with Crippen LogP contribution in [-0.2, 0) is 6.54 Å². The van der Waals surface area contributed by atoms with E-state index in [4.69, 9.17) is 13.9 Å². The summed E-state index contributed by atoms with van der Waals surface area (Å²) < 4.78 is 17.2. The van der Waals surface area contributed by atoms with Gasteiger partial charge in [-0.2, -0.15) is 5.10 Å². The number of carbonyl (C=O) groups excluding carboxylic acids is 1. The molecule has 5 rings (SSSR count). The summed E-state index contributed by atoms with van der Waals surface area (Å²) in [5, 5.41) is 17.9. The fourth-order valence-corrected chi connectivity index (χ4v) is 4.53. The standard InChI is InChI=1S/C28H29N3O5/c1-17(2)12-14-36-22-11-10-18(15-23(22)34-3)27-24-25(20-8-4-5-9-21(20)32)29-30-26(24)28(33)31(27)16-19-7-6-13-35-19/h4-11,13,15,17,27,32H,12,14,16H2,1-3H3,(H,29,30)/t27-/m1/s1. The van der Waals surface area contributed by atoms with Gasteiger partial charge in [-0.1, -0.05) is 32.0 Å². The van der Waals surface area contributed by atoms with E-state index in [9.17, 15) is 9.90 Å². The summed E-state index contributed by atoms with van der Waals surface area (Å²) in [4.78, 5) is 15.3. The molecule has 36 heavy (non-hydrogen) atoms. The van der Waals surface area contributed by atoms with Crippen molar-refractivity contribution < 1.29 is 23.8 Å². The summed E-state index contributed by atoms with van der Waals surface area (Å²) in [6.07, 6.45) is 2.52. The number of nitrogens with zero attached hydrogens (tertiary/aromatic N) is 2. The fraction of sp³-hybridized carbons (Fsp3) is 0.286. The summed E-state index contributed by atoms with van der Waals surface area (Å²) >= 11 is 0. The van der Waals surface area contributed by atoms with Gasteiger partial charge in [-0.05, 0) is 54.3 Å². The Morgan fingerprint density at radius 3 is 2.69 bits per heavy atom. The second-order valence-electron chi connectivity index (χ2n) is 9.23. The van der Waals surface area contributed by atoms with E-state index < -0.39 is 6.04 Å². The number of furan rings is 1. The molecule has 2 aromatic heterocycles. The molecule has 0 spiro atoms. The quantitative estimate of drug-likeness (QED) is 0.321. The molecule has 0 bridgehead atoms. The maximum atomic E-state index is 13.6. The van der Waals surface area contributed by atoms with E-state index in [0.717, 1.165) is 12.0 Å². The summed E-state index contributed by atoms with van der Waals surface area (Å²) in [5.74, 6) is 2.32. The summed E-state index contributed by atoms with van der Waals surface area (Å²) in [6, 6.07) is 15.8. The Bertz CT molecular complexity index is 1360. The molecule has 1 aliphatic rings. The van der Waals surface area contributed by atoms with Gasteiger partial charge >= 0.3 is 0 Å². The van der Waals surface area contributed by atoms with E-state index in [1.165, 1.54) is 0 Å². The lowest BCUT2D eigenvalue weighted by Gasteiger charge is -2.26. The van der Waals surface area contributed by atoms with E-state index in [1.54, 1.807) is 42.5 Å². The first-order chi connectivity index (χ1) is 17.5. The van der Waals surface area contributed by atoms with Gasteiger partial charge in [0.05, 0.1) is 32.6 Å². The van der Waals surface area contributed by atoms with E-state index in [1.807, 2.05) is 30.3 Å². The SMILES string of the molecule is COc1cc([C@@H]2c3c(-c4ccccc4O)n[nH]c3C(=O)N2Cc2ccco2)ccc1OCCC(C)C. The van der Waals surface area contributed by atoms with Gasteiger partial charge in [0.1, 0.15) is 22.9 Å². The van der Waals surface area contributed by atoms with Gasteiger partial charge in [0, 0.05) is 11.1 Å². The summed E-state index contributed by atoms with van der Waals surface area (Å²) in [5.41, 5.74) is 3.00. The number of nitrogens with one attached hydrogen (secondary N) is 1. The summed E-state index contributed by atoms with van der Waals surface area (Å²) in [7, 11) is 1.60. The highest BCUT2D eigenvalue weighted by Gasteiger charge is 2.43. The number of hydrogen-bond acceptors (Lipinski definition) is 6. The Morgan fingerprint density at radius 2 is 1.97 bits per heavy atom. The van der Waals surface area contributed by atoms with E-state index in [0.29, 0.717) is 52.3 Å². The number of carbonyl (C=O) groups is 1. The molecule has 0 fully saturated rings. The number of phenols is 1. The highest BCUT2D eigenvalue weighted by Crippen LogP contribution is 2.46. The number of aromatic hydroxyl groups is 1. The zero-order chi connectivity index (χ0) is 25.2. The van der Waals surface area contributed by atoms with Crippen molar-refractivity contribution in [3.63, 3.8) is 0 Å². The summed E-state index contributed by atoms with van der Waals surface area (Å²) in [6.45, 7) is 5.16. The predicted octanol–water partition coefficient (Wildman–Crippen LogP) is 5.55. The molecular weight excluding hydrogens is 458 g/mol. The van der Waals surface area contributed by atoms with Crippen LogP contribution in [0.25, 0.3) is 11.3 Å². The van der Waals surface area contributed by atoms with E-state index in [2.05, 4.69) is 24.0 Å². The Hall–Kier alpha value is -4.20. The maximum Gasteiger partial charge on any atom is 0.273 e. The molecule has 186 valence electrons. The fourth-order valence-electron chi connectivity index (χ4n) is 4.53. The van der Waals surface area contributed by atoms with Crippen molar-refractivity contribution in [1.29, 1.82) is 0 Å². The topological polar surface area (TPSA) is 101 Å². The monoisotopic (exact) mass is 487 g/mol. The zero-order valence-corrected chi connectivity index (χ0v) is 20.5. The molecule has 0 radical (unpaired) electrons. The number of para-hydroxylation sites is 1. The van der Waals surface area contributed by atoms with Crippen LogP contribution in [0.3, 0.4) is 0 Å². The van der Waals surface area contributed by atoms with E-state index in [-0.39, 0.29) is 18.2 Å². The molecule has 8 nitrogen and oxygen atoms in total. The average Bonchev–Trinajstić information content (AvgIpc) is 3.59. The Morgan fingerprint density at radius 1 is 1.14 bits per heavy atom. The van der Waals surface area contributed by atoms with Crippen LogP contribution in [0.5, 0.6) is 17.2 Å². The van der Waals surface area contributed by atoms with Crippen molar-refractivity contribution in [1.82, 2.24) is 15.1 Å². The number of hydrogen-bond donors (Lipinski definition) is 2. The molecule has 1 amide bonds. The molecule has 3 heterocycles. The highest BCUT2D eigenvalue weighted by molar-refractivity contribution is 6.00. The van der Waals surface area contributed by atoms with Crippen LogP contribution >= 0.6 is 0 Å². The first-order valence-corrected chi connectivity index (χ1v) is 12.0. The lowest BCUT2D eigenvalue weighted by Crippen LogP contribution is -2.29. The minimum atomic E-state index is -0.482. The third-order valence-corrected chi connectivity index (χ3v) is 6.39. The van der Waals surface area contributed by atoms with Gasteiger partial charge in [0.25, 0.3) is 5.91 Å². The number of amides is 1. The van der Waals surface area contributed by atoms with Crippen LogP contribution in [0.1, 0.15) is 53.7 Å². The Balaban J connectivity index is 1.59. The Kier molecular flexibility index (Phi) is 6.41. The number of H-pyrrole nitrogens is 1. The van der Waals surface area contributed by atoms with Gasteiger partial charge < -0.3 is 23.9 Å².